The number of halogens is 1. The van der Waals surface area contributed by atoms with Crippen LogP contribution in [-0.2, 0) is 0 Å². The van der Waals surface area contributed by atoms with Crippen molar-refractivity contribution in [3.63, 3.8) is 0 Å². The highest BCUT2D eigenvalue weighted by Gasteiger charge is 2.27. The Morgan fingerprint density at radius 1 is 1.06 bits per heavy atom. The number of fused-ring (bicyclic) bond motifs is 1. The summed E-state index contributed by atoms with van der Waals surface area (Å²) in [5.41, 5.74) is 4.78. The molecule has 2 atom stereocenters. The van der Waals surface area contributed by atoms with Crippen LogP contribution in [0.2, 0.25) is 5.02 Å². The van der Waals surface area contributed by atoms with E-state index in [9.17, 15) is 5.11 Å². The lowest BCUT2D eigenvalue weighted by Crippen LogP contribution is -2.40. The molecule has 33 heavy (non-hydrogen) atoms. The summed E-state index contributed by atoms with van der Waals surface area (Å²) in [6.45, 7) is 2.04. The molecular weight excluding hydrogens is 432 g/mol. The molecule has 0 aliphatic carbocycles. The van der Waals surface area contributed by atoms with Gasteiger partial charge in [0.25, 0.3) is 0 Å². The fraction of sp³-hybridized carbons (Fsp3) is 0.250. The number of aliphatic hydroxyl groups excluding tert-OH is 1. The van der Waals surface area contributed by atoms with Crippen molar-refractivity contribution < 1.29 is 9.84 Å². The second-order valence-corrected chi connectivity index (χ2v) is 8.87. The molecule has 0 radical (unpaired) electrons. The number of hydrogen-bond acceptors (Lipinski definition) is 4. The quantitative estimate of drug-likeness (QED) is 0.559. The van der Waals surface area contributed by atoms with E-state index < -0.39 is 0 Å². The summed E-state index contributed by atoms with van der Waals surface area (Å²) in [6, 6.07) is 17.9. The Balaban J connectivity index is 1.25. The third kappa shape index (κ3) is 5.12. The van der Waals surface area contributed by atoms with E-state index in [1.54, 1.807) is 0 Å². The van der Waals surface area contributed by atoms with Crippen molar-refractivity contribution in [2.75, 3.05) is 19.7 Å². The lowest BCUT2D eigenvalue weighted by Gasteiger charge is -2.29. The number of nitrogens with zero attached hydrogens (tertiary/aromatic N) is 2. The molecule has 5 rings (SSSR count). The summed E-state index contributed by atoms with van der Waals surface area (Å²) in [5.74, 6) is 7.23. The Morgan fingerprint density at radius 2 is 1.91 bits per heavy atom. The predicted octanol–water partition coefficient (Wildman–Crippen LogP) is 5.03. The molecule has 0 saturated carbocycles. The molecule has 0 amide bonds. The number of aliphatic hydroxyl groups is 1. The third-order valence-corrected chi connectivity index (χ3v) is 6.43. The van der Waals surface area contributed by atoms with E-state index in [0.29, 0.717) is 0 Å². The first-order valence-electron chi connectivity index (χ1n) is 11.3. The second-order valence-electron chi connectivity index (χ2n) is 8.43. The van der Waals surface area contributed by atoms with E-state index in [4.69, 9.17) is 16.3 Å². The average molecular weight is 457 g/mol. The highest BCUT2D eigenvalue weighted by molar-refractivity contribution is 6.30. The fourth-order valence-corrected chi connectivity index (χ4v) is 4.49. The minimum atomic E-state index is 0.00457. The molecule has 1 saturated heterocycles. The van der Waals surface area contributed by atoms with Gasteiger partial charge in [0.1, 0.15) is 17.5 Å². The maximum Gasteiger partial charge on any atom is 0.130 e. The number of rotatable bonds is 4. The molecule has 3 heterocycles. The van der Waals surface area contributed by atoms with Gasteiger partial charge in [0, 0.05) is 40.5 Å². The molecular formula is C28H25ClN2O2. The van der Waals surface area contributed by atoms with Gasteiger partial charge in [-0.3, -0.25) is 4.90 Å². The molecule has 2 aliphatic heterocycles. The summed E-state index contributed by atoms with van der Waals surface area (Å²) in [6.07, 6.45) is 8.24. The number of benzene rings is 2. The van der Waals surface area contributed by atoms with E-state index in [1.807, 2.05) is 60.8 Å². The Kier molecular flexibility index (Phi) is 6.46. The van der Waals surface area contributed by atoms with Crippen LogP contribution in [-0.4, -0.2) is 46.8 Å². The van der Waals surface area contributed by atoms with Gasteiger partial charge in [-0.2, -0.15) is 0 Å². The van der Waals surface area contributed by atoms with Crippen molar-refractivity contribution in [2.24, 2.45) is 0 Å². The number of ether oxygens (including phenoxy) is 1. The van der Waals surface area contributed by atoms with Gasteiger partial charge in [-0.1, -0.05) is 41.8 Å². The van der Waals surface area contributed by atoms with Crippen molar-refractivity contribution in [3.05, 3.63) is 88.7 Å². The largest absolute Gasteiger partial charge is 0.484 e. The smallest absolute Gasteiger partial charge is 0.130 e. The summed E-state index contributed by atoms with van der Waals surface area (Å²) in [4.78, 5) is 6.81. The van der Waals surface area contributed by atoms with Crippen molar-refractivity contribution in [2.45, 2.75) is 25.0 Å². The van der Waals surface area contributed by atoms with Gasteiger partial charge >= 0.3 is 0 Å². The summed E-state index contributed by atoms with van der Waals surface area (Å²) < 4.78 is 6.19. The van der Waals surface area contributed by atoms with Gasteiger partial charge in [-0.15, -0.1) is 0 Å². The Morgan fingerprint density at radius 3 is 2.70 bits per heavy atom. The minimum absolute atomic E-state index is 0.00457. The molecule has 2 aromatic carbocycles. The normalized spacial score (nSPS) is 19.5. The molecule has 1 aromatic heterocycles. The van der Waals surface area contributed by atoms with Gasteiger partial charge in [0.2, 0.25) is 0 Å². The lowest BCUT2D eigenvalue weighted by atomic mass is 10.1. The van der Waals surface area contributed by atoms with Crippen LogP contribution >= 0.6 is 11.6 Å². The first-order chi connectivity index (χ1) is 16.2. The number of pyridine rings is 1. The minimum Gasteiger partial charge on any atom is -0.484 e. The molecule has 166 valence electrons. The zero-order valence-electron chi connectivity index (χ0n) is 18.2. The van der Waals surface area contributed by atoms with Crippen LogP contribution in [0.1, 0.15) is 29.7 Å². The standard InChI is InChI=1S/C28H25ClN2O2/c29-24-9-5-21(6-10-24)23-7-12-25(30-17-23)11-3-20-4-14-28-22(16-20)8-13-27(33-28)18-31-15-1-2-26(31)19-32/h4-10,12-14,16-17,26-27,32H,1-2,15,18-19H2/t26-,27?/m0/s1. The van der Waals surface area contributed by atoms with E-state index >= 15 is 0 Å². The zero-order chi connectivity index (χ0) is 22.6. The first kappa shape index (κ1) is 21.7. The highest BCUT2D eigenvalue weighted by Crippen LogP contribution is 2.28. The van der Waals surface area contributed by atoms with Crippen LogP contribution in [0.4, 0.5) is 0 Å². The first-order valence-corrected chi connectivity index (χ1v) is 11.6. The lowest BCUT2D eigenvalue weighted by molar-refractivity contribution is 0.117. The average Bonchev–Trinajstić information content (AvgIpc) is 3.30. The van der Waals surface area contributed by atoms with Crippen LogP contribution < -0.4 is 4.74 Å². The molecule has 4 nitrogen and oxygen atoms in total. The topological polar surface area (TPSA) is 45.6 Å². The molecule has 3 aromatic rings. The molecule has 1 unspecified atom stereocenters. The molecule has 0 spiro atoms. The van der Waals surface area contributed by atoms with E-state index in [-0.39, 0.29) is 18.8 Å². The van der Waals surface area contributed by atoms with Gasteiger partial charge in [0.05, 0.1) is 6.61 Å². The van der Waals surface area contributed by atoms with E-state index in [1.165, 1.54) is 0 Å². The van der Waals surface area contributed by atoms with Crippen LogP contribution in [0.15, 0.2) is 66.9 Å². The summed E-state index contributed by atoms with van der Waals surface area (Å²) >= 11 is 5.96. The number of likely N-dealkylation sites (tertiary alicyclic amines) is 1. The zero-order valence-corrected chi connectivity index (χ0v) is 19.0. The fourth-order valence-electron chi connectivity index (χ4n) is 4.37. The van der Waals surface area contributed by atoms with Gasteiger partial charge in [-0.05, 0) is 73.3 Å². The molecule has 1 N–H and O–H groups in total. The van der Waals surface area contributed by atoms with Gasteiger partial charge < -0.3 is 9.84 Å². The second kappa shape index (κ2) is 9.80. The maximum atomic E-state index is 9.54. The van der Waals surface area contributed by atoms with Crippen LogP contribution in [0.3, 0.4) is 0 Å². The van der Waals surface area contributed by atoms with E-state index in [0.717, 1.165) is 64.7 Å². The van der Waals surface area contributed by atoms with Crippen molar-refractivity contribution >= 4 is 17.7 Å². The Hall–Kier alpha value is -3.10. The van der Waals surface area contributed by atoms with Crippen LogP contribution in [0, 0.1) is 11.8 Å². The number of aromatic nitrogens is 1. The number of hydrogen-bond donors (Lipinski definition) is 1. The SMILES string of the molecule is OC[C@@H]1CCCN1CC1C=Cc2cc(C#Cc3ccc(-c4ccc(Cl)cc4)cn3)ccc2O1. The van der Waals surface area contributed by atoms with Crippen molar-refractivity contribution in [1.29, 1.82) is 0 Å². The van der Waals surface area contributed by atoms with E-state index in [2.05, 4.69) is 33.9 Å². The molecule has 5 heteroatoms. The van der Waals surface area contributed by atoms with Crippen LogP contribution in [0.5, 0.6) is 5.75 Å². The Labute approximate surface area is 199 Å². The predicted molar refractivity (Wildman–Crippen MR) is 132 cm³/mol. The molecule has 1 fully saturated rings. The highest BCUT2D eigenvalue weighted by atomic mass is 35.5. The Bertz CT molecular complexity index is 1210. The van der Waals surface area contributed by atoms with Crippen molar-refractivity contribution in [3.8, 4) is 28.7 Å². The van der Waals surface area contributed by atoms with Gasteiger partial charge in [-0.25, -0.2) is 4.98 Å². The monoisotopic (exact) mass is 456 g/mol. The maximum absolute atomic E-state index is 9.54. The third-order valence-electron chi connectivity index (χ3n) is 6.18. The van der Waals surface area contributed by atoms with Crippen LogP contribution in [0.25, 0.3) is 17.2 Å². The summed E-state index contributed by atoms with van der Waals surface area (Å²) in [7, 11) is 0. The van der Waals surface area contributed by atoms with Crippen molar-refractivity contribution in [1.82, 2.24) is 9.88 Å². The van der Waals surface area contributed by atoms with Gasteiger partial charge in [0.15, 0.2) is 0 Å². The molecule has 0 bridgehead atoms. The summed E-state index contributed by atoms with van der Waals surface area (Å²) in [5, 5.41) is 10.3. The molecule has 2 aliphatic rings.